The topological polar surface area (TPSA) is 66.9 Å². The Bertz CT molecular complexity index is 922. The molecule has 1 heterocycles. The Morgan fingerprint density at radius 2 is 1.88 bits per heavy atom. The highest BCUT2D eigenvalue weighted by Gasteiger charge is 2.29. The number of hydrogen-bond acceptors (Lipinski definition) is 4. The maximum absolute atomic E-state index is 13.1. The third-order valence-corrected chi connectivity index (χ3v) is 6.12. The van der Waals surface area contributed by atoms with Crippen LogP contribution in [-0.2, 0) is 16.4 Å². The lowest BCUT2D eigenvalue weighted by Gasteiger charge is -2.20. The average Bonchev–Trinajstić information content (AvgIpc) is 3.04. The van der Waals surface area contributed by atoms with Crippen LogP contribution < -0.4 is 9.64 Å². The molecule has 0 N–H and O–H groups in total. The van der Waals surface area contributed by atoms with E-state index in [4.69, 9.17) is 4.74 Å². The Balaban J connectivity index is 2.06. The van der Waals surface area contributed by atoms with Gasteiger partial charge in [0.15, 0.2) is 0 Å². The van der Waals surface area contributed by atoms with E-state index in [0.29, 0.717) is 12.3 Å². The van der Waals surface area contributed by atoms with Gasteiger partial charge in [-0.15, -0.1) is 0 Å². The summed E-state index contributed by atoms with van der Waals surface area (Å²) < 4.78 is 31.2. The SMILES string of the molecule is COc1ccc(S(=O)(=O)N(C)C)cc1C(=O)N1CCc2ccccc21. The lowest BCUT2D eigenvalue weighted by Crippen LogP contribution is -2.30. The highest BCUT2D eigenvalue weighted by Crippen LogP contribution is 2.32. The maximum atomic E-state index is 13.1. The van der Waals surface area contributed by atoms with Gasteiger partial charge in [-0.2, -0.15) is 0 Å². The van der Waals surface area contributed by atoms with Gasteiger partial charge in [-0.25, -0.2) is 12.7 Å². The molecular weight excluding hydrogens is 340 g/mol. The van der Waals surface area contributed by atoms with Crippen LogP contribution in [0, 0.1) is 0 Å². The second kappa shape index (κ2) is 6.50. The molecule has 0 atom stereocenters. The van der Waals surface area contributed by atoms with E-state index in [9.17, 15) is 13.2 Å². The number of nitrogens with zero attached hydrogens (tertiary/aromatic N) is 2. The molecule has 0 saturated heterocycles. The van der Waals surface area contributed by atoms with E-state index in [-0.39, 0.29) is 16.4 Å². The maximum Gasteiger partial charge on any atom is 0.262 e. The number of ether oxygens (including phenoxy) is 1. The Morgan fingerprint density at radius 1 is 1.16 bits per heavy atom. The van der Waals surface area contributed by atoms with Gasteiger partial charge in [-0.3, -0.25) is 4.79 Å². The van der Waals surface area contributed by atoms with E-state index in [0.717, 1.165) is 22.0 Å². The predicted molar refractivity (Wildman–Crippen MR) is 95.7 cm³/mol. The molecular formula is C18H20N2O4S. The Morgan fingerprint density at radius 3 is 2.56 bits per heavy atom. The van der Waals surface area contributed by atoms with Crippen LogP contribution in [0.2, 0.25) is 0 Å². The van der Waals surface area contributed by atoms with Crippen molar-refractivity contribution in [1.82, 2.24) is 4.31 Å². The van der Waals surface area contributed by atoms with Gasteiger partial charge in [0, 0.05) is 26.3 Å². The Hall–Kier alpha value is -2.38. The number of hydrogen-bond donors (Lipinski definition) is 0. The molecule has 132 valence electrons. The molecule has 0 fully saturated rings. The first kappa shape index (κ1) is 17.4. The molecule has 1 aliphatic heterocycles. The highest BCUT2D eigenvalue weighted by atomic mass is 32.2. The van der Waals surface area contributed by atoms with E-state index < -0.39 is 10.0 Å². The number of benzene rings is 2. The second-order valence-corrected chi connectivity index (χ2v) is 8.14. The van der Waals surface area contributed by atoms with Gasteiger partial charge in [0.25, 0.3) is 5.91 Å². The summed E-state index contributed by atoms with van der Waals surface area (Å²) in [5.41, 5.74) is 2.20. The number of amides is 1. The molecule has 6 nitrogen and oxygen atoms in total. The van der Waals surface area contributed by atoms with E-state index >= 15 is 0 Å². The van der Waals surface area contributed by atoms with Crippen LogP contribution in [0.1, 0.15) is 15.9 Å². The zero-order chi connectivity index (χ0) is 18.2. The molecule has 0 bridgehead atoms. The molecule has 0 aromatic heterocycles. The third-order valence-electron chi connectivity index (χ3n) is 4.31. The van der Waals surface area contributed by atoms with Crippen molar-refractivity contribution in [2.24, 2.45) is 0 Å². The van der Waals surface area contributed by atoms with Gasteiger partial charge in [0.05, 0.1) is 17.6 Å². The highest BCUT2D eigenvalue weighted by molar-refractivity contribution is 7.89. The van der Waals surface area contributed by atoms with Crippen molar-refractivity contribution in [2.75, 3.05) is 32.6 Å². The number of methoxy groups -OCH3 is 1. The summed E-state index contributed by atoms with van der Waals surface area (Å²) in [6.07, 6.45) is 0.778. The molecule has 25 heavy (non-hydrogen) atoms. The fraction of sp³-hybridized carbons (Fsp3) is 0.278. The van der Waals surface area contributed by atoms with Crippen molar-refractivity contribution >= 4 is 21.6 Å². The van der Waals surface area contributed by atoms with Crippen molar-refractivity contribution in [3.05, 3.63) is 53.6 Å². The van der Waals surface area contributed by atoms with Gasteiger partial charge in [0.1, 0.15) is 5.75 Å². The number of carbonyl (C=O) groups excluding carboxylic acids is 1. The van der Waals surface area contributed by atoms with Crippen molar-refractivity contribution in [3.8, 4) is 5.75 Å². The van der Waals surface area contributed by atoms with E-state index in [1.54, 1.807) is 4.90 Å². The zero-order valence-corrected chi connectivity index (χ0v) is 15.2. The molecule has 0 unspecified atom stereocenters. The average molecular weight is 360 g/mol. The summed E-state index contributed by atoms with van der Waals surface area (Å²) in [7, 11) is 0.740. The van der Waals surface area contributed by atoms with Crippen molar-refractivity contribution in [1.29, 1.82) is 0 Å². The summed E-state index contributed by atoms with van der Waals surface area (Å²) in [4.78, 5) is 14.8. The minimum atomic E-state index is -3.63. The number of sulfonamides is 1. The summed E-state index contributed by atoms with van der Waals surface area (Å²) in [6.45, 7) is 0.562. The van der Waals surface area contributed by atoms with E-state index in [2.05, 4.69) is 0 Å². The molecule has 0 aliphatic carbocycles. The van der Waals surface area contributed by atoms with Crippen LogP contribution in [-0.4, -0.2) is 46.4 Å². The number of carbonyl (C=O) groups is 1. The lowest BCUT2D eigenvalue weighted by atomic mass is 10.1. The predicted octanol–water partition coefficient (Wildman–Crippen LogP) is 2.15. The standard InChI is InChI=1S/C18H20N2O4S/c1-19(2)25(22,23)14-8-9-17(24-3)15(12-14)18(21)20-11-10-13-6-4-5-7-16(13)20/h4-9,12H,10-11H2,1-3H3. The Labute approximate surface area is 147 Å². The first-order chi connectivity index (χ1) is 11.9. The third kappa shape index (κ3) is 3.01. The van der Waals surface area contributed by atoms with Crippen molar-refractivity contribution < 1.29 is 17.9 Å². The van der Waals surface area contributed by atoms with Gasteiger partial charge >= 0.3 is 0 Å². The molecule has 1 amide bonds. The zero-order valence-electron chi connectivity index (χ0n) is 14.4. The quantitative estimate of drug-likeness (QED) is 0.838. The largest absolute Gasteiger partial charge is 0.496 e. The minimum absolute atomic E-state index is 0.0640. The fourth-order valence-corrected chi connectivity index (χ4v) is 3.85. The van der Waals surface area contributed by atoms with Crippen molar-refractivity contribution in [2.45, 2.75) is 11.3 Å². The summed E-state index contributed by atoms with van der Waals surface area (Å²) in [6, 6.07) is 12.1. The van der Waals surface area contributed by atoms with Gasteiger partial charge < -0.3 is 9.64 Å². The Kier molecular flexibility index (Phi) is 4.53. The second-order valence-electron chi connectivity index (χ2n) is 5.99. The molecule has 2 aromatic rings. The monoisotopic (exact) mass is 360 g/mol. The van der Waals surface area contributed by atoms with Crippen LogP contribution in [0.15, 0.2) is 47.4 Å². The van der Waals surface area contributed by atoms with Crippen LogP contribution in [0.3, 0.4) is 0 Å². The molecule has 7 heteroatoms. The number of anilines is 1. The number of rotatable bonds is 4. The molecule has 0 radical (unpaired) electrons. The fourth-order valence-electron chi connectivity index (χ4n) is 2.92. The van der Waals surface area contributed by atoms with Gasteiger partial charge in [-0.1, -0.05) is 18.2 Å². The lowest BCUT2D eigenvalue weighted by molar-refractivity contribution is 0.0986. The first-order valence-corrected chi connectivity index (χ1v) is 9.30. The first-order valence-electron chi connectivity index (χ1n) is 7.86. The smallest absolute Gasteiger partial charge is 0.262 e. The summed E-state index contributed by atoms with van der Waals surface area (Å²) in [5.74, 6) is 0.0877. The minimum Gasteiger partial charge on any atom is -0.496 e. The molecule has 0 saturated carbocycles. The van der Waals surface area contributed by atoms with Crippen LogP contribution >= 0.6 is 0 Å². The molecule has 1 aliphatic rings. The summed E-state index contributed by atoms with van der Waals surface area (Å²) in [5, 5.41) is 0. The molecule has 0 spiro atoms. The number of para-hydroxylation sites is 1. The van der Waals surface area contributed by atoms with Gasteiger partial charge in [-0.05, 0) is 36.2 Å². The molecule has 2 aromatic carbocycles. The van der Waals surface area contributed by atoms with Crippen LogP contribution in [0.4, 0.5) is 5.69 Å². The van der Waals surface area contributed by atoms with Gasteiger partial charge in [0.2, 0.25) is 10.0 Å². The summed E-state index contributed by atoms with van der Waals surface area (Å²) >= 11 is 0. The number of fused-ring (bicyclic) bond motifs is 1. The van der Waals surface area contributed by atoms with E-state index in [1.807, 2.05) is 24.3 Å². The molecule has 3 rings (SSSR count). The van der Waals surface area contributed by atoms with Crippen LogP contribution in [0.5, 0.6) is 5.75 Å². The van der Waals surface area contributed by atoms with E-state index in [1.165, 1.54) is 39.4 Å². The normalized spacial score (nSPS) is 13.8. The van der Waals surface area contributed by atoms with Crippen molar-refractivity contribution in [3.63, 3.8) is 0 Å². The van der Waals surface area contributed by atoms with Crippen LogP contribution in [0.25, 0.3) is 0 Å².